The third-order valence-electron chi connectivity index (χ3n) is 2.92. The lowest BCUT2D eigenvalue weighted by molar-refractivity contribution is 0.333. The summed E-state index contributed by atoms with van der Waals surface area (Å²) < 4.78 is 20.0. The van der Waals surface area contributed by atoms with Crippen molar-refractivity contribution < 1.29 is 9.13 Å². The lowest BCUT2D eigenvalue weighted by atomic mass is 10.2. The van der Waals surface area contributed by atoms with Gasteiger partial charge in [0.15, 0.2) is 11.6 Å². The van der Waals surface area contributed by atoms with Crippen LogP contribution in [0.3, 0.4) is 0 Å². The van der Waals surface area contributed by atoms with E-state index in [1.165, 1.54) is 0 Å². The maximum atomic E-state index is 14.3. The smallest absolute Gasteiger partial charge is 0.225 e. The van der Waals surface area contributed by atoms with Gasteiger partial charge in [-0.1, -0.05) is 11.6 Å². The van der Waals surface area contributed by atoms with E-state index in [1.54, 1.807) is 0 Å². The molecule has 1 aliphatic heterocycles. The molecule has 3 rings (SSSR count). The molecule has 2 aromatic rings. The van der Waals surface area contributed by atoms with E-state index in [4.69, 9.17) is 27.9 Å². The highest BCUT2D eigenvalue weighted by Crippen LogP contribution is 2.45. The Hall–Kier alpha value is -0.850. The van der Waals surface area contributed by atoms with Crippen LogP contribution in [0.5, 0.6) is 5.75 Å². The van der Waals surface area contributed by atoms with E-state index in [9.17, 15) is 4.39 Å². The molecule has 19 heavy (non-hydrogen) atoms. The molecule has 0 saturated carbocycles. The van der Waals surface area contributed by atoms with E-state index >= 15 is 0 Å². The molecule has 0 atom stereocenters. The average molecular weight is 367 g/mol. The van der Waals surface area contributed by atoms with Crippen molar-refractivity contribution in [1.82, 2.24) is 9.97 Å². The summed E-state index contributed by atoms with van der Waals surface area (Å²) in [6.45, 7) is 1.00. The second-order valence-corrected chi connectivity index (χ2v) is 5.59. The Bertz CT molecular complexity index is 698. The number of benzene rings is 1. The SMILES string of the molecule is CN1CCOc2c(Cl)c(Br)c(F)c3nc(Cl)nc1c23. The number of ether oxygens (including phenoxy) is 1. The molecule has 100 valence electrons. The molecular weight excluding hydrogens is 360 g/mol. The van der Waals surface area contributed by atoms with Crippen molar-refractivity contribution in [2.75, 3.05) is 25.1 Å². The van der Waals surface area contributed by atoms with Crippen LogP contribution in [-0.2, 0) is 0 Å². The predicted octanol–water partition coefficient (Wildman–Crippen LogP) is 3.67. The maximum absolute atomic E-state index is 14.3. The summed E-state index contributed by atoms with van der Waals surface area (Å²) in [5, 5.41) is 0.595. The quantitative estimate of drug-likeness (QED) is 0.526. The Morgan fingerprint density at radius 2 is 2.11 bits per heavy atom. The first-order valence-corrected chi connectivity index (χ1v) is 6.93. The van der Waals surface area contributed by atoms with Crippen LogP contribution in [0.1, 0.15) is 0 Å². The monoisotopic (exact) mass is 365 g/mol. The Morgan fingerprint density at radius 3 is 2.84 bits per heavy atom. The first kappa shape index (κ1) is 13.1. The topological polar surface area (TPSA) is 38.2 Å². The van der Waals surface area contributed by atoms with Gasteiger partial charge in [-0.2, -0.15) is 4.98 Å². The van der Waals surface area contributed by atoms with Crippen LogP contribution in [-0.4, -0.2) is 30.2 Å². The molecule has 0 spiro atoms. The van der Waals surface area contributed by atoms with Crippen molar-refractivity contribution in [1.29, 1.82) is 0 Å². The summed E-state index contributed by atoms with van der Waals surface area (Å²) in [5.41, 5.74) is 0.0926. The summed E-state index contributed by atoms with van der Waals surface area (Å²) in [6, 6.07) is 0. The van der Waals surface area contributed by atoms with Crippen molar-refractivity contribution in [2.45, 2.75) is 0 Å². The fourth-order valence-corrected chi connectivity index (χ4v) is 2.77. The van der Waals surface area contributed by atoms with Gasteiger partial charge in [-0.3, -0.25) is 0 Å². The second kappa shape index (κ2) is 4.61. The summed E-state index contributed by atoms with van der Waals surface area (Å²) in [6.07, 6.45) is 0. The molecule has 0 fully saturated rings. The largest absolute Gasteiger partial charge is 0.489 e. The van der Waals surface area contributed by atoms with E-state index in [-0.39, 0.29) is 20.3 Å². The Morgan fingerprint density at radius 1 is 1.37 bits per heavy atom. The number of rotatable bonds is 0. The minimum atomic E-state index is -0.576. The van der Waals surface area contributed by atoms with Gasteiger partial charge in [-0.15, -0.1) is 0 Å². The highest BCUT2D eigenvalue weighted by molar-refractivity contribution is 9.10. The van der Waals surface area contributed by atoms with Gasteiger partial charge in [-0.25, -0.2) is 9.37 Å². The molecule has 0 bridgehead atoms. The lowest BCUT2D eigenvalue weighted by Crippen LogP contribution is -2.22. The van der Waals surface area contributed by atoms with Gasteiger partial charge < -0.3 is 9.64 Å². The van der Waals surface area contributed by atoms with Crippen LogP contribution in [0.15, 0.2) is 4.47 Å². The standard InChI is InChI=1S/C11H7BrCl2FN3O/c1-18-2-3-19-9-4-8(7(15)5(12)6(9)13)16-11(14)17-10(4)18/h2-3H2,1H3. The van der Waals surface area contributed by atoms with Gasteiger partial charge in [-0.05, 0) is 27.5 Å². The van der Waals surface area contributed by atoms with Crippen LogP contribution >= 0.6 is 39.1 Å². The van der Waals surface area contributed by atoms with E-state index < -0.39 is 5.82 Å². The first-order chi connectivity index (χ1) is 9.00. The van der Waals surface area contributed by atoms with Crippen LogP contribution in [0.25, 0.3) is 10.9 Å². The highest BCUT2D eigenvalue weighted by Gasteiger charge is 2.26. The molecule has 1 aliphatic rings. The zero-order valence-corrected chi connectivity index (χ0v) is 12.8. The van der Waals surface area contributed by atoms with Gasteiger partial charge >= 0.3 is 0 Å². The van der Waals surface area contributed by atoms with Crippen LogP contribution in [0, 0.1) is 5.82 Å². The van der Waals surface area contributed by atoms with Crippen LogP contribution in [0.4, 0.5) is 10.2 Å². The predicted molar refractivity (Wildman–Crippen MR) is 76.0 cm³/mol. The maximum Gasteiger partial charge on any atom is 0.225 e. The Balaban J connectivity index is 2.54. The number of hydrogen-bond acceptors (Lipinski definition) is 4. The molecule has 1 aromatic carbocycles. The number of halogens is 4. The molecule has 8 heteroatoms. The number of likely N-dealkylation sites (N-methyl/N-ethyl adjacent to an activating group) is 1. The normalized spacial score (nSPS) is 14.5. The highest BCUT2D eigenvalue weighted by atomic mass is 79.9. The van der Waals surface area contributed by atoms with Gasteiger partial charge in [0.05, 0.1) is 16.4 Å². The zero-order chi connectivity index (χ0) is 13.7. The van der Waals surface area contributed by atoms with Crippen molar-refractivity contribution in [3.63, 3.8) is 0 Å². The van der Waals surface area contributed by atoms with Gasteiger partial charge in [0.2, 0.25) is 5.28 Å². The molecule has 0 saturated heterocycles. The van der Waals surface area contributed by atoms with Gasteiger partial charge in [0.25, 0.3) is 0 Å². The van der Waals surface area contributed by atoms with Gasteiger partial charge in [0.1, 0.15) is 23.0 Å². The number of aromatic nitrogens is 2. The fourth-order valence-electron chi connectivity index (χ4n) is 2.00. The van der Waals surface area contributed by atoms with Gasteiger partial charge in [0, 0.05) is 7.05 Å². The molecule has 0 radical (unpaired) electrons. The third kappa shape index (κ3) is 1.93. The number of anilines is 1. The Kier molecular flexibility index (Phi) is 3.19. The van der Waals surface area contributed by atoms with E-state index in [0.29, 0.717) is 30.1 Å². The van der Waals surface area contributed by atoms with E-state index in [1.807, 2.05) is 11.9 Å². The minimum Gasteiger partial charge on any atom is -0.489 e. The van der Waals surface area contributed by atoms with Crippen molar-refractivity contribution in [3.8, 4) is 5.75 Å². The minimum absolute atomic E-state index is 0.0182. The summed E-state index contributed by atoms with van der Waals surface area (Å²) in [4.78, 5) is 9.91. The first-order valence-electron chi connectivity index (χ1n) is 5.38. The third-order valence-corrected chi connectivity index (χ3v) is 4.42. The second-order valence-electron chi connectivity index (χ2n) is 4.08. The molecule has 2 heterocycles. The van der Waals surface area contributed by atoms with Crippen molar-refractivity contribution >= 4 is 55.9 Å². The lowest BCUT2D eigenvalue weighted by Gasteiger charge is -2.16. The van der Waals surface area contributed by atoms with Crippen molar-refractivity contribution in [3.05, 3.63) is 20.6 Å². The molecule has 1 aromatic heterocycles. The molecule has 0 unspecified atom stereocenters. The summed E-state index contributed by atoms with van der Waals surface area (Å²) >= 11 is 15.1. The van der Waals surface area contributed by atoms with E-state index in [2.05, 4.69) is 25.9 Å². The summed E-state index contributed by atoms with van der Waals surface area (Å²) in [5.74, 6) is 0.310. The average Bonchev–Trinajstić information content (AvgIpc) is 2.54. The Labute approximate surface area is 126 Å². The molecular formula is C11H7BrCl2FN3O. The number of nitrogens with zero attached hydrogens (tertiary/aromatic N) is 3. The van der Waals surface area contributed by atoms with E-state index in [0.717, 1.165) is 0 Å². The molecule has 4 nitrogen and oxygen atoms in total. The van der Waals surface area contributed by atoms with Crippen molar-refractivity contribution in [2.24, 2.45) is 0 Å². The summed E-state index contributed by atoms with van der Waals surface area (Å²) in [7, 11) is 1.82. The zero-order valence-electron chi connectivity index (χ0n) is 9.68. The van der Waals surface area contributed by atoms with Crippen LogP contribution in [0.2, 0.25) is 10.3 Å². The molecule has 0 amide bonds. The number of hydrogen-bond donors (Lipinski definition) is 0. The molecule has 0 aliphatic carbocycles. The molecule has 0 N–H and O–H groups in total. The fraction of sp³-hybridized carbons (Fsp3) is 0.273. The van der Waals surface area contributed by atoms with Crippen LogP contribution < -0.4 is 9.64 Å².